The van der Waals surface area contributed by atoms with Crippen LogP contribution in [0.2, 0.25) is 0 Å². The average Bonchev–Trinajstić information content (AvgIpc) is 3.22. The van der Waals surface area contributed by atoms with Crippen molar-refractivity contribution in [1.82, 2.24) is 0 Å². The molecule has 6 heteroatoms. The average molecular weight is 394 g/mol. The zero-order valence-electron chi connectivity index (χ0n) is 15.8. The molecule has 0 bridgehead atoms. The van der Waals surface area contributed by atoms with Gasteiger partial charge in [-0.25, -0.2) is 0 Å². The highest BCUT2D eigenvalue weighted by atomic mass is 32.1. The van der Waals surface area contributed by atoms with Crippen LogP contribution in [0, 0.1) is 11.8 Å². The first-order valence-corrected chi connectivity index (χ1v) is 10.8. The number of ketones is 1. The first kappa shape index (κ1) is 21.8. The molecule has 1 amide bonds. The van der Waals surface area contributed by atoms with E-state index in [2.05, 4.69) is 16.8 Å². The Labute approximate surface area is 165 Å². The second-order valence-corrected chi connectivity index (χ2v) is 8.21. The Hall–Kier alpha value is -1.50. The van der Waals surface area contributed by atoms with Crippen LogP contribution in [0.3, 0.4) is 0 Å². The van der Waals surface area contributed by atoms with E-state index in [0.717, 1.165) is 25.7 Å². The number of Topliss-reactive ketones (excluding diaryl/α,β-unsaturated/α-hetero) is 1. The SMILES string of the molecule is NC(=O)CCCC=CCC1C(C(=O)CCCCc2ccsc2)[C@@H](O)C[C@@H]1O. The molecule has 27 heavy (non-hydrogen) atoms. The van der Waals surface area contributed by atoms with Crippen molar-refractivity contribution in [3.05, 3.63) is 34.5 Å². The molecule has 2 rings (SSSR count). The van der Waals surface area contributed by atoms with E-state index in [4.69, 9.17) is 5.73 Å². The Morgan fingerprint density at radius 3 is 2.67 bits per heavy atom. The van der Waals surface area contributed by atoms with Crippen LogP contribution in [-0.4, -0.2) is 34.1 Å². The Morgan fingerprint density at radius 1 is 1.15 bits per heavy atom. The fourth-order valence-electron chi connectivity index (χ4n) is 3.85. The molecule has 2 unspecified atom stereocenters. The lowest BCUT2D eigenvalue weighted by Gasteiger charge is -2.21. The number of hydrogen-bond acceptors (Lipinski definition) is 5. The van der Waals surface area contributed by atoms with Crippen molar-refractivity contribution in [2.45, 2.75) is 70.0 Å². The number of aliphatic hydroxyl groups excluding tert-OH is 2. The molecular weight excluding hydrogens is 362 g/mol. The van der Waals surface area contributed by atoms with Crippen LogP contribution in [-0.2, 0) is 16.0 Å². The zero-order valence-corrected chi connectivity index (χ0v) is 16.6. The summed E-state index contributed by atoms with van der Waals surface area (Å²) in [5, 5.41) is 24.7. The maximum absolute atomic E-state index is 12.6. The topological polar surface area (TPSA) is 101 Å². The molecule has 0 aliphatic heterocycles. The Kier molecular flexibility index (Phi) is 9.18. The minimum absolute atomic E-state index is 0.0662. The summed E-state index contributed by atoms with van der Waals surface area (Å²) in [7, 11) is 0. The van der Waals surface area contributed by atoms with Crippen LogP contribution in [0.1, 0.15) is 56.9 Å². The van der Waals surface area contributed by atoms with Crippen molar-refractivity contribution in [1.29, 1.82) is 0 Å². The number of nitrogens with two attached hydrogens (primary N) is 1. The van der Waals surface area contributed by atoms with Gasteiger partial charge in [-0.3, -0.25) is 9.59 Å². The second kappa shape index (κ2) is 11.4. The number of carbonyl (C=O) groups is 2. The van der Waals surface area contributed by atoms with E-state index in [-0.39, 0.29) is 24.0 Å². The molecule has 0 aromatic carbocycles. The van der Waals surface area contributed by atoms with Crippen molar-refractivity contribution >= 4 is 23.0 Å². The van der Waals surface area contributed by atoms with Gasteiger partial charge in [0.2, 0.25) is 5.91 Å². The molecule has 1 heterocycles. The Bertz CT molecular complexity index is 614. The van der Waals surface area contributed by atoms with Crippen molar-refractivity contribution < 1.29 is 19.8 Å². The zero-order chi connectivity index (χ0) is 19.6. The summed E-state index contributed by atoms with van der Waals surface area (Å²) >= 11 is 1.68. The molecule has 150 valence electrons. The summed E-state index contributed by atoms with van der Waals surface area (Å²) in [5.74, 6) is -0.938. The van der Waals surface area contributed by atoms with Crippen LogP contribution < -0.4 is 5.73 Å². The Balaban J connectivity index is 1.76. The van der Waals surface area contributed by atoms with Gasteiger partial charge in [-0.15, -0.1) is 0 Å². The van der Waals surface area contributed by atoms with Gasteiger partial charge in [-0.2, -0.15) is 11.3 Å². The standard InChI is InChI=1S/C21H31NO4S/c22-20(26)10-4-2-1-3-8-16-18(24)13-19(25)21(16)17(23)9-6-5-7-15-11-12-27-14-15/h1,3,11-12,14,16,18-19,21,24-25H,2,4-10,13H2,(H2,22,26)/t16?,18-,19-,21?/m0/s1. The van der Waals surface area contributed by atoms with Gasteiger partial charge in [0.25, 0.3) is 0 Å². The molecule has 0 saturated heterocycles. The van der Waals surface area contributed by atoms with Crippen LogP contribution in [0.4, 0.5) is 0 Å². The van der Waals surface area contributed by atoms with E-state index >= 15 is 0 Å². The van der Waals surface area contributed by atoms with Crippen molar-refractivity contribution in [3.63, 3.8) is 0 Å². The van der Waals surface area contributed by atoms with E-state index in [1.54, 1.807) is 11.3 Å². The van der Waals surface area contributed by atoms with Crippen molar-refractivity contribution in [3.8, 4) is 0 Å². The van der Waals surface area contributed by atoms with E-state index in [0.29, 0.717) is 25.7 Å². The molecule has 4 atom stereocenters. The van der Waals surface area contributed by atoms with Crippen molar-refractivity contribution in [2.24, 2.45) is 17.6 Å². The van der Waals surface area contributed by atoms with Gasteiger partial charge in [0.05, 0.1) is 12.2 Å². The number of hydrogen-bond donors (Lipinski definition) is 3. The summed E-state index contributed by atoms with van der Waals surface area (Å²) in [5.41, 5.74) is 6.42. The lowest BCUT2D eigenvalue weighted by Crippen LogP contribution is -2.29. The number of unbranched alkanes of at least 4 members (excludes halogenated alkanes) is 2. The number of rotatable bonds is 12. The minimum atomic E-state index is -0.752. The smallest absolute Gasteiger partial charge is 0.217 e. The third-order valence-corrected chi connectivity index (χ3v) is 6.04. The van der Waals surface area contributed by atoms with Gasteiger partial charge in [0.1, 0.15) is 5.78 Å². The number of amides is 1. The van der Waals surface area contributed by atoms with Gasteiger partial charge < -0.3 is 15.9 Å². The lowest BCUT2D eigenvalue weighted by atomic mass is 9.85. The van der Waals surface area contributed by atoms with E-state index in [1.807, 2.05) is 12.2 Å². The largest absolute Gasteiger partial charge is 0.393 e. The van der Waals surface area contributed by atoms with Gasteiger partial charge in [0.15, 0.2) is 0 Å². The quantitative estimate of drug-likeness (QED) is 0.375. The fourth-order valence-corrected chi connectivity index (χ4v) is 4.55. The maximum Gasteiger partial charge on any atom is 0.217 e. The van der Waals surface area contributed by atoms with Crippen molar-refractivity contribution in [2.75, 3.05) is 0 Å². The van der Waals surface area contributed by atoms with Gasteiger partial charge >= 0.3 is 0 Å². The summed E-state index contributed by atoms with van der Waals surface area (Å²) in [4.78, 5) is 23.4. The number of carbonyl (C=O) groups excluding carboxylic acids is 2. The minimum Gasteiger partial charge on any atom is -0.393 e. The molecule has 1 aromatic rings. The predicted octanol–water partition coefficient (Wildman–Crippen LogP) is 2.99. The number of primary amides is 1. The Morgan fingerprint density at radius 2 is 1.96 bits per heavy atom. The van der Waals surface area contributed by atoms with Crippen LogP contribution in [0.25, 0.3) is 0 Å². The second-order valence-electron chi connectivity index (χ2n) is 7.43. The number of aryl methyl sites for hydroxylation is 1. The highest BCUT2D eigenvalue weighted by Gasteiger charge is 2.44. The fraction of sp³-hybridized carbons (Fsp3) is 0.619. The first-order valence-electron chi connectivity index (χ1n) is 9.82. The van der Waals surface area contributed by atoms with Crippen LogP contribution in [0.5, 0.6) is 0 Å². The molecule has 0 spiro atoms. The van der Waals surface area contributed by atoms with E-state index in [9.17, 15) is 19.8 Å². The third-order valence-electron chi connectivity index (χ3n) is 5.31. The van der Waals surface area contributed by atoms with E-state index in [1.165, 1.54) is 5.56 Å². The summed E-state index contributed by atoms with van der Waals surface area (Å²) in [6.07, 6.45) is 8.36. The number of allylic oxidation sites excluding steroid dienone is 2. The summed E-state index contributed by atoms with van der Waals surface area (Å²) in [6, 6.07) is 2.11. The normalized spacial score (nSPS) is 25.3. The molecule has 0 radical (unpaired) electrons. The third kappa shape index (κ3) is 7.20. The van der Waals surface area contributed by atoms with E-state index < -0.39 is 18.1 Å². The van der Waals surface area contributed by atoms with Gasteiger partial charge in [-0.1, -0.05) is 12.2 Å². The molecule has 1 aromatic heterocycles. The molecule has 4 N–H and O–H groups in total. The molecule has 1 saturated carbocycles. The molecule has 1 aliphatic carbocycles. The monoisotopic (exact) mass is 393 g/mol. The number of aliphatic hydroxyl groups is 2. The van der Waals surface area contributed by atoms with Crippen LogP contribution >= 0.6 is 11.3 Å². The van der Waals surface area contributed by atoms with Crippen LogP contribution in [0.15, 0.2) is 29.0 Å². The van der Waals surface area contributed by atoms with Gasteiger partial charge in [0, 0.05) is 31.1 Å². The molecule has 1 aliphatic rings. The molecular formula is C21H31NO4S. The summed E-state index contributed by atoms with van der Waals surface area (Å²) in [6.45, 7) is 0. The maximum atomic E-state index is 12.6. The number of thiophene rings is 1. The van der Waals surface area contributed by atoms with Gasteiger partial charge in [-0.05, 0) is 60.9 Å². The summed E-state index contributed by atoms with van der Waals surface area (Å²) < 4.78 is 0. The lowest BCUT2D eigenvalue weighted by molar-refractivity contribution is -0.127. The first-order chi connectivity index (χ1) is 13.0. The molecule has 1 fully saturated rings. The molecule has 5 nitrogen and oxygen atoms in total. The highest BCUT2D eigenvalue weighted by molar-refractivity contribution is 7.07. The predicted molar refractivity (Wildman–Crippen MR) is 107 cm³/mol. The highest BCUT2D eigenvalue weighted by Crippen LogP contribution is 2.37.